The van der Waals surface area contributed by atoms with Crippen LogP contribution in [0, 0.1) is 0 Å². The predicted molar refractivity (Wildman–Crippen MR) is 69.6 cm³/mol. The van der Waals surface area contributed by atoms with Crippen LogP contribution in [0.4, 0.5) is 0 Å². The molecule has 4 heteroatoms. The van der Waals surface area contributed by atoms with E-state index >= 15 is 0 Å². The van der Waals surface area contributed by atoms with Crippen molar-refractivity contribution in [2.24, 2.45) is 5.73 Å². The second-order valence-electron chi connectivity index (χ2n) is 3.91. The Morgan fingerprint density at radius 1 is 1.06 bits per heavy atom. The normalized spacial score (nSPS) is 10.7. The third kappa shape index (κ3) is 1.83. The molecule has 0 bridgehead atoms. The number of hydrogen-bond donors (Lipinski definition) is 1. The number of hydrogen-bond acceptors (Lipinski definition) is 3. The van der Waals surface area contributed by atoms with Crippen LogP contribution in [-0.4, -0.2) is 9.38 Å². The summed E-state index contributed by atoms with van der Waals surface area (Å²) in [6, 6.07) is 15.4. The highest BCUT2D eigenvalue weighted by molar-refractivity contribution is 5.46. The van der Waals surface area contributed by atoms with Crippen molar-refractivity contribution in [2.75, 3.05) is 0 Å². The van der Waals surface area contributed by atoms with Crippen LogP contribution in [-0.2, 0) is 6.54 Å². The van der Waals surface area contributed by atoms with Gasteiger partial charge in [0.05, 0.1) is 0 Å². The molecule has 18 heavy (non-hydrogen) atoms. The minimum absolute atomic E-state index is 0.382. The molecule has 0 atom stereocenters. The highest BCUT2D eigenvalue weighted by Crippen LogP contribution is 2.25. The quantitative estimate of drug-likeness (QED) is 0.764. The van der Waals surface area contributed by atoms with Crippen LogP contribution in [0.25, 0.3) is 5.65 Å². The lowest BCUT2D eigenvalue weighted by Gasteiger charge is -2.04. The first-order valence-electron chi connectivity index (χ1n) is 5.77. The van der Waals surface area contributed by atoms with Gasteiger partial charge in [0, 0.05) is 12.7 Å². The lowest BCUT2D eigenvalue weighted by atomic mass is 10.3. The van der Waals surface area contributed by atoms with Gasteiger partial charge < -0.3 is 10.5 Å². The molecule has 0 amide bonds. The van der Waals surface area contributed by atoms with Gasteiger partial charge in [-0.3, -0.25) is 4.40 Å². The molecular weight excluding hydrogens is 226 g/mol. The number of fused-ring (bicyclic) bond motifs is 1. The summed E-state index contributed by atoms with van der Waals surface area (Å²) in [6.45, 7) is 0.382. The monoisotopic (exact) mass is 239 g/mol. The standard InChI is InChI=1S/C14H13N3O/c15-10-12-14(18-11-6-2-1-3-7-11)16-13-8-4-5-9-17(12)13/h1-9H,10,15H2. The number of nitrogens with zero attached hydrogens (tertiary/aromatic N) is 2. The van der Waals surface area contributed by atoms with E-state index in [-0.39, 0.29) is 0 Å². The zero-order valence-corrected chi connectivity index (χ0v) is 9.78. The fraction of sp³-hybridized carbons (Fsp3) is 0.0714. The molecule has 0 fully saturated rings. The Balaban J connectivity index is 2.06. The van der Waals surface area contributed by atoms with Crippen LogP contribution in [0.2, 0.25) is 0 Å². The maximum Gasteiger partial charge on any atom is 0.242 e. The summed E-state index contributed by atoms with van der Waals surface area (Å²) in [5.74, 6) is 1.32. The average molecular weight is 239 g/mol. The SMILES string of the molecule is NCc1c(Oc2ccccc2)nc2ccccn12. The molecule has 3 rings (SSSR count). The van der Waals surface area contributed by atoms with Gasteiger partial charge >= 0.3 is 0 Å². The Morgan fingerprint density at radius 3 is 2.61 bits per heavy atom. The maximum atomic E-state index is 5.77. The fourth-order valence-electron chi connectivity index (χ4n) is 1.89. The van der Waals surface area contributed by atoms with E-state index in [9.17, 15) is 0 Å². The van der Waals surface area contributed by atoms with Gasteiger partial charge in [-0.15, -0.1) is 0 Å². The Kier molecular flexibility index (Phi) is 2.70. The van der Waals surface area contributed by atoms with Crippen molar-refractivity contribution in [1.82, 2.24) is 9.38 Å². The molecule has 0 spiro atoms. The number of imidazole rings is 1. The van der Waals surface area contributed by atoms with Crippen LogP contribution in [0.5, 0.6) is 11.6 Å². The Labute approximate surface area is 105 Å². The Morgan fingerprint density at radius 2 is 1.83 bits per heavy atom. The first-order chi connectivity index (χ1) is 8.88. The van der Waals surface area contributed by atoms with Gasteiger partial charge in [0.1, 0.15) is 17.1 Å². The first kappa shape index (κ1) is 10.8. The van der Waals surface area contributed by atoms with Crippen LogP contribution in [0.1, 0.15) is 5.69 Å². The number of nitrogens with two attached hydrogens (primary N) is 1. The van der Waals surface area contributed by atoms with Crippen LogP contribution < -0.4 is 10.5 Å². The van der Waals surface area contributed by atoms with E-state index in [0.29, 0.717) is 12.4 Å². The van der Waals surface area contributed by atoms with Crippen molar-refractivity contribution in [3.63, 3.8) is 0 Å². The second kappa shape index (κ2) is 4.50. The summed E-state index contributed by atoms with van der Waals surface area (Å²) in [5.41, 5.74) is 7.48. The Bertz CT molecular complexity index is 661. The molecule has 2 heterocycles. The van der Waals surface area contributed by atoms with Gasteiger partial charge in [-0.05, 0) is 24.3 Å². The van der Waals surface area contributed by atoms with Gasteiger partial charge in [-0.1, -0.05) is 24.3 Å². The fourth-order valence-corrected chi connectivity index (χ4v) is 1.89. The lowest BCUT2D eigenvalue weighted by molar-refractivity contribution is 0.459. The van der Waals surface area contributed by atoms with Gasteiger partial charge in [-0.25, -0.2) is 0 Å². The Hall–Kier alpha value is -2.33. The van der Waals surface area contributed by atoms with Crippen LogP contribution in [0.3, 0.4) is 0 Å². The summed E-state index contributed by atoms with van der Waals surface area (Å²) in [6.07, 6.45) is 1.93. The molecule has 2 N–H and O–H groups in total. The van der Waals surface area contributed by atoms with Gasteiger partial charge in [0.2, 0.25) is 5.88 Å². The summed E-state index contributed by atoms with van der Waals surface area (Å²) in [5, 5.41) is 0. The third-order valence-electron chi connectivity index (χ3n) is 2.74. The summed E-state index contributed by atoms with van der Waals surface area (Å²) in [4.78, 5) is 4.44. The number of aromatic nitrogens is 2. The van der Waals surface area contributed by atoms with E-state index in [1.54, 1.807) is 0 Å². The molecule has 0 saturated carbocycles. The van der Waals surface area contributed by atoms with Gasteiger partial charge in [-0.2, -0.15) is 4.98 Å². The smallest absolute Gasteiger partial charge is 0.242 e. The average Bonchev–Trinajstić information content (AvgIpc) is 2.77. The highest BCUT2D eigenvalue weighted by Gasteiger charge is 2.12. The van der Waals surface area contributed by atoms with Crippen LogP contribution in [0.15, 0.2) is 54.7 Å². The molecular formula is C14H13N3O. The lowest BCUT2D eigenvalue weighted by Crippen LogP contribution is -2.02. The number of ether oxygens (including phenoxy) is 1. The highest BCUT2D eigenvalue weighted by atomic mass is 16.5. The second-order valence-corrected chi connectivity index (χ2v) is 3.91. The molecule has 0 aliphatic carbocycles. The maximum absolute atomic E-state index is 5.77. The topological polar surface area (TPSA) is 52.5 Å². The van der Waals surface area contributed by atoms with Crippen molar-refractivity contribution < 1.29 is 4.74 Å². The largest absolute Gasteiger partial charge is 0.437 e. The van der Waals surface area contributed by atoms with Crippen molar-refractivity contribution >= 4 is 5.65 Å². The number of benzene rings is 1. The molecule has 0 radical (unpaired) electrons. The summed E-state index contributed by atoms with van der Waals surface area (Å²) in [7, 11) is 0. The minimum Gasteiger partial charge on any atom is -0.437 e. The molecule has 1 aromatic carbocycles. The number of para-hydroxylation sites is 1. The molecule has 0 saturated heterocycles. The third-order valence-corrected chi connectivity index (χ3v) is 2.74. The van der Waals surface area contributed by atoms with Crippen molar-refractivity contribution in [3.05, 3.63) is 60.4 Å². The summed E-state index contributed by atoms with van der Waals surface area (Å²) < 4.78 is 7.72. The summed E-state index contributed by atoms with van der Waals surface area (Å²) >= 11 is 0. The molecule has 3 aromatic rings. The molecule has 0 unspecified atom stereocenters. The molecule has 4 nitrogen and oxygen atoms in total. The van der Waals surface area contributed by atoms with E-state index in [1.165, 1.54) is 0 Å². The zero-order valence-electron chi connectivity index (χ0n) is 9.78. The molecule has 2 aromatic heterocycles. The van der Waals surface area contributed by atoms with E-state index in [1.807, 2.05) is 59.1 Å². The molecule has 90 valence electrons. The van der Waals surface area contributed by atoms with E-state index in [0.717, 1.165) is 17.1 Å². The first-order valence-corrected chi connectivity index (χ1v) is 5.77. The number of pyridine rings is 1. The molecule has 0 aliphatic rings. The number of rotatable bonds is 3. The van der Waals surface area contributed by atoms with Crippen molar-refractivity contribution in [1.29, 1.82) is 0 Å². The van der Waals surface area contributed by atoms with Gasteiger partial charge in [0.15, 0.2) is 0 Å². The van der Waals surface area contributed by atoms with E-state index < -0.39 is 0 Å². The van der Waals surface area contributed by atoms with E-state index in [4.69, 9.17) is 10.5 Å². The van der Waals surface area contributed by atoms with E-state index in [2.05, 4.69) is 4.98 Å². The molecule has 0 aliphatic heterocycles. The van der Waals surface area contributed by atoms with Crippen LogP contribution >= 0.6 is 0 Å². The predicted octanol–water partition coefficient (Wildman–Crippen LogP) is 2.59. The minimum atomic E-state index is 0.382. The van der Waals surface area contributed by atoms with Gasteiger partial charge in [0.25, 0.3) is 0 Å². The van der Waals surface area contributed by atoms with Crippen molar-refractivity contribution in [3.8, 4) is 11.6 Å². The zero-order chi connectivity index (χ0) is 12.4. The van der Waals surface area contributed by atoms with Crippen molar-refractivity contribution in [2.45, 2.75) is 6.54 Å².